The van der Waals surface area contributed by atoms with Gasteiger partial charge in [-0.25, -0.2) is 0 Å². The first-order valence-corrected chi connectivity index (χ1v) is 7.13. The second-order valence-corrected chi connectivity index (χ2v) is 6.27. The number of aromatic nitrogens is 1. The number of amides is 1. The minimum Gasteiger partial charge on any atom is -0.350 e. The van der Waals surface area contributed by atoms with Crippen LogP contribution in [-0.2, 0) is 11.3 Å². The van der Waals surface area contributed by atoms with Crippen LogP contribution in [0.15, 0.2) is 18.5 Å². The summed E-state index contributed by atoms with van der Waals surface area (Å²) in [5, 5.41) is 3.04. The fourth-order valence-corrected chi connectivity index (χ4v) is 2.15. The van der Waals surface area contributed by atoms with Gasteiger partial charge in [0.25, 0.3) is 0 Å². The average Bonchev–Trinajstić information content (AvgIpc) is 3.09. The van der Waals surface area contributed by atoms with Crippen molar-refractivity contribution < 1.29 is 4.79 Å². The molecule has 1 aromatic heterocycles. The summed E-state index contributed by atoms with van der Waals surface area (Å²) in [5.74, 6) is 0.692. The standard InChI is InChI=1S/C15H25N3O/c1-4-15(2,3)17-13(19)10-18-8-7-12(9-18)14(16)11-5-6-11/h7-9,11,14H,4-6,10,16H2,1-3H3,(H,17,19). The quantitative estimate of drug-likeness (QED) is 0.826. The highest BCUT2D eigenvalue weighted by atomic mass is 16.2. The van der Waals surface area contributed by atoms with E-state index in [1.807, 2.05) is 36.9 Å². The Morgan fingerprint density at radius 2 is 2.26 bits per heavy atom. The van der Waals surface area contributed by atoms with Gasteiger partial charge in [0.1, 0.15) is 6.54 Å². The average molecular weight is 263 g/mol. The van der Waals surface area contributed by atoms with E-state index in [0.717, 1.165) is 12.0 Å². The normalized spacial score (nSPS) is 17.3. The van der Waals surface area contributed by atoms with Crippen molar-refractivity contribution in [2.75, 3.05) is 0 Å². The maximum Gasteiger partial charge on any atom is 0.240 e. The molecule has 106 valence electrons. The van der Waals surface area contributed by atoms with Crippen LogP contribution in [-0.4, -0.2) is 16.0 Å². The second-order valence-electron chi connectivity index (χ2n) is 6.27. The van der Waals surface area contributed by atoms with Crippen molar-refractivity contribution >= 4 is 5.91 Å². The summed E-state index contributed by atoms with van der Waals surface area (Å²) in [5.41, 5.74) is 7.16. The molecule has 19 heavy (non-hydrogen) atoms. The highest BCUT2D eigenvalue weighted by Crippen LogP contribution is 2.39. The first-order chi connectivity index (χ1) is 8.91. The van der Waals surface area contributed by atoms with Crippen LogP contribution in [0.25, 0.3) is 0 Å². The van der Waals surface area contributed by atoms with Crippen LogP contribution in [0.2, 0.25) is 0 Å². The number of rotatable bonds is 6. The SMILES string of the molecule is CCC(C)(C)NC(=O)Cn1ccc(C(N)C2CC2)c1. The Bertz CT molecular complexity index is 446. The molecular weight excluding hydrogens is 238 g/mol. The number of nitrogens with zero attached hydrogens (tertiary/aromatic N) is 1. The summed E-state index contributed by atoms with van der Waals surface area (Å²) >= 11 is 0. The summed E-state index contributed by atoms with van der Waals surface area (Å²) in [6, 6.07) is 2.16. The number of carbonyl (C=O) groups is 1. The topological polar surface area (TPSA) is 60.0 Å². The molecule has 0 aromatic carbocycles. The summed E-state index contributed by atoms with van der Waals surface area (Å²) in [7, 11) is 0. The Morgan fingerprint density at radius 1 is 1.58 bits per heavy atom. The van der Waals surface area contributed by atoms with Crippen LogP contribution in [0.5, 0.6) is 0 Å². The number of hydrogen-bond acceptors (Lipinski definition) is 2. The monoisotopic (exact) mass is 263 g/mol. The molecule has 1 heterocycles. The van der Waals surface area contributed by atoms with Crippen LogP contribution < -0.4 is 11.1 Å². The zero-order chi connectivity index (χ0) is 14.0. The second kappa shape index (κ2) is 5.37. The Kier molecular flexibility index (Phi) is 3.99. The summed E-state index contributed by atoms with van der Waals surface area (Å²) in [6.07, 6.45) is 7.33. The highest BCUT2D eigenvalue weighted by Gasteiger charge is 2.29. The van der Waals surface area contributed by atoms with Crippen LogP contribution in [0.3, 0.4) is 0 Å². The molecule has 1 atom stereocenters. The van der Waals surface area contributed by atoms with Crippen LogP contribution in [0.1, 0.15) is 51.6 Å². The van der Waals surface area contributed by atoms with Gasteiger partial charge < -0.3 is 15.6 Å². The van der Waals surface area contributed by atoms with E-state index in [1.54, 1.807) is 0 Å². The van der Waals surface area contributed by atoms with Crippen molar-refractivity contribution in [3.63, 3.8) is 0 Å². The Hall–Kier alpha value is -1.29. The molecule has 1 fully saturated rings. The van der Waals surface area contributed by atoms with E-state index in [4.69, 9.17) is 5.73 Å². The molecular formula is C15H25N3O. The third kappa shape index (κ3) is 3.83. The molecule has 0 aliphatic heterocycles. The van der Waals surface area contributed by atoms with E-state index in [1.165, 1.54) is 12.8 Å². The van der Waals surface area contributed by atoms with Gasteiger partial charge in [0.05, 0.1) is 0 Å². The first-order valence-electron chi connectivity index (χ1n) is 7.13. The molecule has 4 nitrogen and oxygen atoms in total. The molecule has 1 amide bonds. The number of hydrogen-bond donors (Lipinski definition) is 2. The minimum atomic E-state index is -0.141. The molecule has 2 rings (SSSR count). The van der Waals surface area contributed by atoms with E-state index in [9.17, 15) is 4.79 Å². The highest BCUT2D eigenvalue weighted by molar-refractivity contribution is 5.76. The molecule has 1 unspecified atom stereocenters. The predicted molar refractivity (Wildman–Crippen MR) is 76.6 cm³/mol. The molecule has 0 spiro atoms. The maximum absolute atomic E-state index is 11.9. The van der Waals surface area contributed by atoms with Gasteiger partial charge in [0.2, 0.25) is 5.91 Å². The van der Waals surface area contributed by atoms with E-state index < -0.39 is 0 Å². The van der Waals surface area contributed by atoms with Gasteiger partial charge in [-0.15, -0.1) is 0 Å². The predicted octanol–water partition coefficient (Wildman–Crippen LogP) is 2.20. The zero-order valence-corrected chi connectivity index (χ0v) is 12.1. The van der Waals surface area contributed by atoms with Gasteiger partial charge in [0, 0.05) is 24.0 Å². The molecule has 0 bridgehead atoms. The third-order valence-corrected chi connectivity index (χ3v) is 3.98. The fraction of sp³-hybridized carbons (Fsp3) is 0.667. The van der Waals surface area contributed by atoms with Crippen LogP contribution in [0.4, 0.5) is 0 Å². The smallest absolute Gasteiger partial charge is 0.240 e. The Labute approximate surface area is 115 Å². The first kappa shape index (κ1) is 14.1. The lowest BCUT2D eigenvalue weighted by Gasteiger charge is -2.24. The maximum atomic E-state index is 11.9. The van der Waals surface area contributed by atoms with Crippen molar-refractivity contribution in [2.45, 2.75) is 58.2 Å². The summed E-state index contributed by atoms with van der Waals surface area (Å²) < 4.78 is 1.92. The molecule has 1 saturated carbocycles. The van der Waals surface area contributed by atoms with E-state index in [-0.39, 0.29) is 17.5 Å². The summed E-state index contributed by atoms with van der Waals surface area (Å²) in [6.45, 7) is 6.51. The van der Waals surface area contributed by atoms with Gasteiger partial charge in [-0.2, -0.15) is 0 Å². The minimum absolute atomic E-state index is 0.0500. The van der Waals surface area contributed by atoms with Crippen molar-refractivity contribution in [3.8, 4) is 0 Å². The molecule has 4 heteroatoms. The lowest BCUT2D eigenvalue weighted by atomic mass is 10.0. The van der Waals surface area contributed by atoms with Crippen LogP contribution >= 0.6 is 0 Å². The van der Waals surface area contributed by atoms with E-state index >= 15 is 0 Å². The van der Waals surface area contributed by atoms with Gasteiger partial charge in [-0.1, -0.05) is 6.92 Å². The van der Waals surface area contributed by atoms with Crippen molar-refractivity contribution in [3.05, 3.63) is 24.0 Å². The number of nitrogens with two attached hydrogens (primary N) is 1. The number of carbonyl (C=O) groups excluding carboxylic acids is 1. The molecule has 0 saturated heterocycles. The molecule has 0 radical (unpaired) electrons. The van der Waals surface area contributed by atoms with Crippen LogP contribution in [0, 0.1) is 5.92 Å². The molecule has 1 aliphatic rings. The molecule has 3 N–H and O–H groups in total. The van der Waals surface area contributed by atoms with Gasteiger partial charge >= 0.3 is 0 Å². The Balaban J connectivity index is 1.90. The fourth-order valence-electron chi connectivity index (χ4n) is 2.15. The zero-order valence-electron chi connectivity index (χ0n) is 12.1. The van der Waals surface area contributed by atoms with Crippen molar-refractivity contribution in [1.29, 1.82) is 0 Å². The lowest BCUT2D eigenvalue weighted by Crippen LogP contribution is -2.44. The van der Waals surface area contributed by atoms with Gasteiger partial charge in [0.15, 0.2) is 0 Å². The number of nitrogens with one attached hydrogen (secondary N) is 1. The van der Waals surface area contributed by atoms with Crippen molar-refractivity contribution in [1.82, 2.24) is 9.88 Å². The van der Waals surface area contributed by atoms with Gasteiger partial charge in [-0.3, -0.25) is 4.79 Å². The largest absolute Gasteiger partial charge is 0.350 e. The summed E-state index contributed by atoms with van der Waals surface area (Å²) in [4.78, 5) is 11.9. The third-order valence-electron chi connectivity index (χ3n) is 3.98. The Morgan fingerprint density at radius 3 is 2.84 bits per heavy atom. The van der Waals surface area contributed by atoms with E-state index in [0.29, 0.717) is 12.5 Å². The molecule has 1 aliphatic carbocycles. The lowest BCUT2D eigenvalue weighted by molar-refractivity contribution is -0.123. The van der Waals surface area contributed by atoms with Crippen molar-refractivity contribution in [2.24, 2.45) is 11.7 Å². The molecule has 1 aromatic rings. The van der Waals surface area contributed by atoms with Gasteiger partial charge in [-0.05, 0) is 50.7 Å². The van der Waals surface area contributed by atoms with E-state index in [2.05, 4.69) is 12.2 Å².